The van der Waals surface area contributed by atoms with E-state index in [9.17, 15) is 0 Å². The van der Waals surface area contributed by atoms with Gasteiger partial charge < -0.3 is 4.74 Å². The number of aromatic nitrogens is 4. The maximum atomic E-state index is 6.76. The average molecular weight is 675 g/mol. The summed E-state index contributed by atoms with van der Waals surface area (Å²) in [6.45, 7) is 18.1. The fourth-order valence-corrected chi connectivity index (χ4v) is 7.37. The van der Waals surface area contributed by atoms with Gasteiger partial charge in [-0.25, -0.2) is 9.67 Å². The van der Waals surface area contributed by atoms with E-state index in [1.54, 1.807) is 0 Å². The first-order valence-electron chi connectivity index (χ1n) is 18.6. The summed E-state index contributed by atoms with van der Waals surface area (Å²) < 4.78 is 11.0. The number of rotatable bonds is 11. The molecule has 51 heavy (non-hydrogen) atoms. The summed E-state index contributed by atoms with van der Waals surface area (Å²) in [5.41, 5.74) is 10.9. The van der Waals surface area contributed by atoms with Crippen LogP contribution in [0.1, 0.15) is 102 Å². The number of nitrogens with zero attached hydrogens (tertiary/aromatic N) is 4. The van der Waals surface area contributed by atoms with Crippen LogP contribution in [-0.4, -0.2) is 19.3 Å². The third-order valence-corrected chi connectivity index (χ3v) is 10.2. The molecule has 3 aromatic heterocycles. The van der Waals surface area contributed by atoms with E-state index >= 15 is 0 Å². The van der Waals surface area contributed by atoms with Crippen LogP contribution in [-0.2, 0) is 6.42 Å². The van der Waals surface area contributed by atoms with Gasteiger partial charge in [-0.2, -0.15) is 5.10 Å². The van der Waals surface area contributed by atoms with Crippen molar-refractivity contribution in [3.63, 3.8) is 0 Å². The zero-order valence-electron chi connectivity index (χ0n) is 31.3. The lowest BCUT2D eigenvalue weighted by molar-refractivity contribution is 0.481. The van der Waals surface area contributed by atoms with Gasteiger partial charge in [0.2, 0.25) is 0 Å². The number of benzene rings is 4. The van der Waals surface area contributed by atoms with Crippen molar-refractivity contribution in [2.24, 2.45) is 5.92 Å². The van der Waals surface area contributed by atoms with Crippen LogP contribution < -0.4 is 4.74 Å². The second-order valence-corrected chi connectivity index (χ2v) is 15.1. The van der Waals surface area contributed by atoms with Crippen LogP contribution in [0.5, 0.6) is 11.5 Å². The Morgan fingerprint density at radius 2 is 1.45 bits per heavy atom. The van der Waals surface area contributed by atoms with E-state index < -0.39 is 0 Å². The van der Waals surface area contributed by atoms with E-state index in [4.69, 9.17) is 14.8 Å². The molecule has 0 saturated heterocycles. The minimum Gasteiger partial charge on any atom is -0.457 e. The molecule has 0 fully saturated rings. The second kappa shape index (κ2) is 14.2. The molecule has 7 aromatic rings. The van der Waals surface area contributed by atoms with Gasteiger partial charge in [0.1, 0.15) is 17.3 Å². The van der Waals surface area contributed by atoms with E-state index in [1.165, 1.54) is 38.6 Å². The summed E-state index contributed by atoms with van der Waals surface area (Å²) in [4.78, 5) is 4.85. The molecule has 0 spiro atoms. The van der Waals surface area contributed by atoms with Crippen molar-refractivity contribution in [3.05, 3.63) is 132 Å². The maximum Gasteiger partial charge on any atom is 0.137 e. The highest BCUT2D eigenvalue weighted by molar-refractivity contribution is 6.09. The Bertz CT molecular complexity index is 2300. The summed E-state index contributed by atoms with van der Waals surface area (Å²) >= 11 is 0. The van der Waals surface area contributed by atoms with Crippen LogP contribution in [0.3, 0.4) is 0 Å². The van der Waals surface area contributed by atoms with Crippen molar-refractivity contribution >= 4 is 21.8 Å². The van der Waals surface area contributed by atoms with Gasteiger partial charge in [-0.05, 0) is 107 Å². The lowest BCUT2D eigenvalue weighted by atomic mass is 9.86. The number of fused-ring (bicyclic) bond motifs is 3. The van der Waals surface area contributed by atoms with Gasteiger partial charge in [0, 0.05) is 40.9 Å². The molecule has 1 atom stereocenters. The molecule has 260 valence electrons. The Morgan fingerprint density at radius 1 is 0.706 bits per heavy atom. The number of ether oxygens (including phenoxy) is 1. The summed E-state index contributed by atoms with van der Waals surface area (Å²) in [5.74, 6) is 4.25. The minimum absolute atomic E-state index is 0.366. The van der Waals surface area contributed by atoms with Gasteiger partial charge in [0.15, 0.2) is 0 Å². The van der Waals surface area contributed by atoms with E-state index in [0.717, 1.165) is 52.4 Å². The average Bonchev–Trinajstić information content (AvgIpc) is 3.74. The van der Waals surface area contributed by atoms with Gasteiger partial charge in [0.25, 0.3) is 0 Å². The first-order valence-corrected chi connectivity index (χ1v) is 18.6. The van der Waals surface area contributed by atoms with Crippen molar-refractivity contribution in [2.75, 3.05) is 0 Å². The van der Waals surface area contributed by atoms with Gasteiger partial charge >= 0.3 is 0 Å². The fourth-order valence-electron chi connectivity index (χ4n) is 7.37. The Morgan fingerprint density at radius 3 is 2.18 bits per heavy atom. The highest BCUT2D eigenvalue weighted by Gasteiger charge is 2.19. The smallest absolute Gasteiger partial charge is 0.137 e. The molecule has 0 N–H and O–H groups in total. The number of para-hydroxylation sites is 1. The Hall–Kier alpha value is -5.16. The minimum atomic E-state index is 0.366. The molecule has 5 heteroatoms. The normalized spacial score (nSPS) is 12.5. The monoisotopic (exact) mass is 674 g/mol. The van der Waals surface area contributed by atoms with Crippen molar-refractivity contribution in [2.45, 2.75) is 86.0 Å². The summed E-state index contributed by atoms with van der Waals surface area (Å²) in [6, 6.07) is 32.6. The first-order chi connectivity index (χ1) is 24.6. The molecule has 0 aliphatic rings. The molecule has 4 aromatic carbocycles. The van der Waals surface area contributed by atoms with E-state index in [2.05, 4.69) is 157 Å². The summed E-state index contributed by atoms with van der Waals surface area (Å²) in [7, 11) is 0. The lowest BCUT2D eigenvalue weighted by Crippen LogP contribution is -2.01. The molecule has 3 heterocycles. The largest absolute Gasteiger partial charge is 0.457 e. The molecule has 0 amide bonds. The third-order valence-electron chi connectivity index (χ3n) is 10.2. The molecule has 0 aliphatic carbocycles. The molecule has 0 saturated carbocycles. The molecule has 7 rings (SSSR count). The van der Waals surface area contributed by atoms with Crippen LogP contribution >= 0.6 is 0 Å². The molecule has 1 unspecified atom stereocenters. The van der Waals surface area contributed by atoms with Crippen LogP contribution in [0.2, 0.25) is 0 Å². The predicted octanol–water partition coefficient (Wildman–Crippen LogP) is 12.8. The Labute approximate surface area is 302 Å². The zero-order chi connectivity index (χ0) is 35.8. The van der Waals surface area contributed by atoms with Crippen molar-refractivity contribution in [3.8, 4) is 34.1 Å². The molecule has 5 nitrogen and oxygen atoms in total. The van der Waals surface area contributed by atoms with E-state index in [1.807, 2.05) is 17.1 Å². The third kappa shape index (κ3) is 6.82. The summed E-state index contributed by atoms with van der Waals surface area (Å²) in [5, 5.41) is 7.30. The Kier molecular flexibility index (Phi) is 9.56. The van der Waals surface area contributed by atoms with Crippen molar-refractivity contribution < 1.29 is 4.74 Å². The topological polar surface area (TPSA) is 44.9 Å². The first kappa shape index (κ1) is 34.3. The maximum absolute atomic E-state index is 6.76. The highest BCUT2D eigenvalue weighted by Crippen LogP contribution is 2.38. The number of hydrogen-bond donors (Lipinski definition) is 0. The lowest BCUT2D eigenvalue weighted by Gasteiger charge is -2.18. The zero-order valence-corrected chi connectivity index (χ0v) is 31.3. The van der Waals surface area contributed by atoms with Gasteiger partial charge in [-0.1, -0.05) is 91.8 Å². The van der Waals surface area contributed by atoms with E-state index in [-0.39, 0.29) is 0 Å². The van der Waals surface area contributed by atoms with Gasteiger partial charge in [-0.15, -0.1) is 0 Å². The highest BCUT2D eigenvalue weighted by atomic mass is 16.5. The Balaban J connectivity index is 1.31. The van der Waals surface area contributed by atoms with Gasteiger partial charge in [-0.3, -0.25) is 4.57 Å². The fraction of sp³-hybridized carbons (Fsp3) is 0.304. The SMILES string of the molecule is CCC(C)c1cc(Oc2ccc3c4ccccc4n(-c4cc(CC(C)C)ccn4)c3c2)cc(-n2cc(-c3c(C(C)C)cccc3C(C)C)cn2)c1. The molecule has 0 aliphatic heterocycles. The molecule has 0 radical (unpaired) electrons. The van der Waals surface area contributed by atoms with Crippen LogP contribution in [0, 0.1) is 5.92 Å². The van der Waals surface area contributed by atoms with Crippen LogP contribution in [0.4, 0.5) is 0 Å². The van der Waals surface area contributed by atoms with Crippen LogP contribution in [0.15, 0.2) is 110 Å². The standard InChI is InChI=1S/C46H50N4O/c1-9-32(8)34-23-36(49-28-35(27-48-49)46-39(30(4)5)14-12-15-40(46)31(6)7)25-38(24-34)51-37-17-18-42-41-13-10-11-16-43(41)50(44(42)26-37)45-22-33(19-20-47-45)21-29(2)3/h10-20,22-32H,9,21H2,1-8H3. The molecule has 0 bridgehead atoms. The van der Waals surface area contributed by atoms with Crippen molar-refractivity contribution in [1.29, 1.82) is 0 Å². The van der Waals surface area contributed by atoms with Crippen molar-refractivity contribution in [1.82, 2.24) is 19.3 Å². The number of pyridine rings is 1. The quantitative estimate of drug-likeness (QED) is 0.137. The number of hydrogen-bond acceptors (Lipinski definition) is 3. The van der Waals surface area contributed by atoms with E-state index in [0.29, 0.717) is 23.7 Å². The van der Waals surface area contributed by atoms with Crippen LogP contribution in [0.25, 0.3) is 44.4 Å². The molecular formula is C46H50N4O. The molecular weight excluding hydrogens is 625 g/mol. The van der Waals surface area contributed by atoms with Gasteiger partial charge in [0.05, 0.1) is 22.9 Å². The second-order valence-electron chi connectivity index (χ2n) is 15.1. The predicted molar refractivity (Wildman–Crippen MR) is 213 cm³/mol. The summed E-state index contributed by atoms with van der Waals surface area (Å²) in [6.07, 6.45) is 8.16.